The van der Waals surface area contributed by atoms with Gasteiger partial charge in [-0.1, -0.05) is 180 Å². The summed E-state index contributed by atoms with van der Waals surface area (Å²) in [4.78, 5) is 0. The second kappa shape index (κ2) is 28.5. The van der Waals surface area contributed by atoms with Crippen LogP contribution >= 0.6 is 0 Å². The normalized spacial score (nSPS) is 12.0. The molecule has 0 amide bonds. The fourth-order valence-electron chi connectivity index (χ4n) is 5.43. The van der Waals surface area contributed by atoms with Gasteiger partial charge in [-0.2, -0.15) is 0 Å². The Morgan fingerprint density at radius 3 is 0.600 bits per heavy atom. The van der Waals surface area contributed by atoms with Crippen LogP contribution in [0.5, 0.6) is 0 Å². The highest BCUT2D eigenvalue weighted by atomic mass is 15.3. The average molecular weight is 495 g/mol. The van der Waals surface area contributed by atoms with Crippen molar-refractivity contribution >= 4 is 0 Å². The number of nitrogens with zero attached hydrogens (tertiary/aromatic N) is 1. The Bertz CT molecular complexity index is 369. The number of rotatable bonds is 30. The average Bonchev–Trinajstić information content (AvgIpc) is 2.82. The molecule has 0 saturated heterocycles. The van der Waals surface area contributed by atoms with Crippen LogP contribution in [0.1, 0.15) is 193 Å². The van der Waals surface area contributed by atoms with Crippen LogP contribution < -0.4 is 0 Å². The lowest BCUT2D eigenvalue weighted by Gasteiger charge is -2.23. The summed E-state index contributed by atoms with van der Waals surface area (Å²) in [5.41, 5.74) is 0. The van der Waals surface area contributed by atoms with Gasteiger partial charge in [0.1, 0.15) is 0 Å². The number of hydrogen-bond donors (Lipinski definition) is 0. The van der Waals surface area contributed by atoms with Crippen LogP contribution in [0.2, 0.25) is 0 Å². The maximum atomic E-state index is 2.31. The van der Waals surface area contributed by atoms with E-state index in [1.807, 2.05) is 0 Å². The number of hydrogen-bond acceptors (Lipinski definition) is 0. The third-order valence-electron chi connectivity index (χ3n) is 7.93. The van der Waals surface area contributed by atoms with E-state index in [0.29, 0.717) is 0 Å². The van der Waals surface area contributed by atoms with Gasteiger partial charge in [0.05, 0.1) is 27.7 Å². The predicted octanol–water partition coefficient (Wildman–Crippen LogP) is 12.0. The van der Waals surface area contributed by atoms with E-state index in [-0.39, 0.29) is 0 Å². The summed E-state index contributed by atoms with van der Waals surface area (Å²) >= 11 is 0. The van der Waals surface area contributed by atoms with Crippen molar-refractivity contribution in [1.29, 1.82) is 0 Å². The van der Waals surface area contributed by atoms with Crippen molar-refractivity contribution in [2.24, 2.45) is 0 Å². The highest BCUT2D eigenvalue weighted by molar-refractivity contribution is 4.52. The Morgan fingerprint density at radius 1 is 0.257 bits per heavy atom. The van der Waals surface area contributed by atoms with Crippen molar-refractivity contribution in [2.75, 3.05) is 27.7 Å². The molecule has 35 heavy (non-hydrogen) atoms. The quantitative estimate of drug-likeness (QED) is 0.0687. The maximum absolute atomic E-state index is 2.31. The molecule has 0 saturated carbocycles. The second-order valence-electron chi connectivity index (χ2n) is 12.9. The van der Waals surface area contributed by atoms with E-state index >= 15 is 0 Å². The van der Waals surface area contributed by atoms with Gasteiger partial charge in [-0.25, -0.2) is 0 Å². The Kier molecular flexibility index (Phi) is 28.5. The number of quaternary nitrogens is 1. The zero-order valence-electron chi connectivity index (χ0n) is 25.7. The third-order valence-corrected chi connectivity index (χ3v) is 7.93. The monoisotopic (exact) mass is 495 g/mol. The Labute approximate surface area is 225 Å². The molecule has 0 rings (SSSR count). The molecule has 1 nitrogen and oxygen atoms in total. The first-order valence-electron chi connectivity index (χ1n) is 16.9. The fraction of sp³-hybridized carbons (Fsp3) is 1.00. The third kappa shape index (κ3) is 34.0. The van der Waals surface area contributed by atoms with E-state index < -0.39 is 0 Å². The minimum Gasteiger partial charge on any atom is -0.331 e. The maximum Gasteiger partial charge on any atom is 0.0780 e. The second-order valence-corrected chi connectivity index (χ2v) is 12.9. The van der Waals surface area contributed by atoms with E-state index in [0.717, 1.165) is 4.48 Å². The highest BCUT2D eigenvalue weighted by Gasteiger charge is 2.05. The Hall–Kier alpha value is -0.0400. The lowest BCUT2D eigenvalue weighted by molar-refractivity contribution is -0.870. The summed E-state index contributed by atoms with van der Waals surface area (Å²) < 4.78 is 1.12. The molecular formula is C34H72N+. The summed E-state index contributed by atoms with van der Waals surface area (Å²) in [6.45, 7) is 3.64. The molecule has 0 heterocycles. The van der Waals surface area contributed by atoms with Crippen molar-refractivity contribution in [1.82, 2.24) is 0 Å². The lowest BCUT2D eigenvalue weighted by Crippen LogP contribution is -2.35. The van der Waals surface area contributed by atoms with Crippen molar-refractivity contribution in [3.05, 3.63) is 0 Å². The predicted molar refractivity (Wildman–Crippen MR) is 162 cm³/mol. The number of unbranched alkanes of at least 4 members (excludes halogenated alkanes) is 28. The van der Waals surface area contributed by atoms with Crippen LogP contribution in [0.15, 0.2) is 0 Å². The van der Waals surface area contributed by atoms with Crippen LogP contribution in [-0.4, -0.2) is 32.2 Å². The smallest absolute Gasteiger partial charge is 0.0780 e. The van der Waals surface area contributed by atoms with Gasteiger partial charge in [0.2, 0.25) is 0 Å². The van der Waals surface area contributed by atoms with E-state index in [1.165, 1.54) is 193 Å². The van der Waals surface area contributed by atoms with Gasteiger partial charge in [0, 0.05) is 0 Å². The molecule has 0 unspecified atom stereocenters. The topological polar surface area (TPSA) is 0 Å². The van der Waals surface area contributed by atoms with Crippen LogP contribution in [0.25, 0.3) is 0 Å². The molecule has 0 N–H and O–H groups in total. The van der Waals surface area contributed by atoms with E-state index in [1.54, 1.807) is 0 Å². The molecule has 0 aliphatic rings. The summed E-state index contributed by atoms with van der Waals surface area (Å²) in [7, 11) is 6.92. The zero-order valence-corrected chi connectivity index (χ0v) is 25.7. The van der Waals surface area contributed by atoms with Gasteiger partial charge in [-0.3, -0.25) is 0 Å². The summed E-state index contributed by atoms with van der Waals surface area (Å²) in [6, 6.07) is 0. The first-order chi connectivity index (χ1) is 17.1. The molecule has 1 heteroatoms. The Balaban J connectivity index is 3.03. The zero-order chi connectivity index (χ0) is 25.7. The van der Waals surface area contributed by atoms with Crippen LogP contribution in [0, 0.1) is 0 Å². The summed E-state index contributed by atoms with van der Waals surface area (Å²) in [5.74, 6) is 0. The van der Waals surface area contributed by atoms with Crippen LogP contribution in [0.3, 0.4) is 0 Å². The van der Waals surface area contributed by atoms with E-state index in [9.17, 15) is 0 Å². The molecule has 0 aromatic carbocycles. The van der Waals surface area contributed by atoms with Crippen LogP contribution in [0.4, 0.5) is 0 Å². The van der Waals surface area contributed by atoms with Crippen molar-refractivity contribution in [3.8, 4) is 0 Å². The summed E-state index contributed by atoms with van der Waals surface area (Å²) in [5, 5.41) is 0. The standard InChI is InChI=1S/C34H72N/c1-5-6-7-8-9-10-11-12-13-14-15-16-17-18-19-20-21-22-23-24-25-26-27-28-29-30-31-32-33-34-35(2,3)4/h5-34H2,1-4H3/q+1. The molecule has 0 spiro atoms. The minimum absolute atomic E-state index is 1.12. The van der Waals surface area contributed by atoms with Gasteiger partial charge in [-0.05, 0) is 12.8 Å². The van der Waals surface area contributed by atoms with Gasteiger partial charge in [0.15, 0.2) is 0 Å². The molecule has 0 aromatic rings. The molecule has 0 atom stereocenters. The van der Waals surface area contributed by atoms with Crippen molar-refractivity contribution in [3.63, 3.8) is 0 Å². The highest BCUT2D eigenvalue weighted by Crippen LogP contribution is 2.16. The van der Waals surface area contributed by atoms with Gasteiger partial charge < -0.3 is 4.48 Å². The summed E-state index contributed by atoms with van der Waals surface area (Å²) in [6.07, 6.45) is 42.8. The molecule has 0 aliphatic heterocycles. The molecule has 0 aromatic heterocycles. The van der Waals surface area contributed by atoms with Crippen molar-refractivity contribution in [2.45, 2.75) is 193 Å². The van der Waals surface area contributed by atoms with E-state index in [4.69, 9.17) is 0 Å². The molecule has 0 bridgehead atoms. The molecular weight excluding hydrogens is 422 g/mol. The van der Waals surface area contributed by atoms with Gasteiger partial charge in [-0.15, -0.1) is 0 Å². The first-order valence-corrected chi connectivity index (χ1v) is 16.9. The largest absolute Gasteiger partial charge is 0.331 e. The lowest BCUT2D eigenvalue weighted by atomic mass is 10.0. The Morgan fingerprint density at radius 2 is 0.429 bits per heavy atom. The van der Waals surface area contributed by atoms with Gasteiger partial charge in [0.25, 0.3) is 0 Å². The molecule has 212 valence electrons. The van der Waals surface area contributed by atoms with Crippen molar-refractivity contribution < 1.29 is 4.48 Å². The SMILES string of the molecule is CCCCCCCCCCCCCCCCCCCCCCCCCCCCCCC[N+](C)(C)C. The van der Waals surface area contributed by atoms with Gasteiger partial charge >= 0.3 is 0 Å². The fourth-order valence-corrected chi connectivity index (χ4v) is 5.43. The van der Waals surface area contributed by atoms with E-state index in [2.05, 4.69) is 28.1 Å². The minimum atomic E-state index is 1.12. The molecule has 0 fully saturated rings. The molecule has 0 radical (unpaired) electrons. The molecule has 0 aliphatic carbocycles. The van der Waals surface area contributed by atoms with Crippen LogP contribution in [-0.2, 0) is 0 Å². The first kappa shape index (κ1) is 35.0.